The van der Waals surface area contributed by atoms with Crippen LogP contribution in [-0.2, 0) is 14.3 Å². The molecule has 0 aromatic rings. The van der Waals surface area contributed by atoms with Gasteiger partial charge in [0.1, 0.15) is 6.04 Å². The van der Waals surface area contributed by atoms with E-state index in [4.69, 9.17) is 9.84 Å². The first-order valence-corrected chi connectivity index (χ1v) is 6.50. The van der Waals surface area contributed by atoms with Crippen LogP contribution < -0.4 is 5.32 Å². The second-order valence-corrected chi connectivity index (χ2v) is 5.00. The Balaban J connectivity index is 1.77. The Hall–Kier alpha value is -1.14. The lowest BCUT2D eigenvalue weighted by Gasteiger charge is -2.35. The lowest BCUT2D eigenvalue weighted by molar-refractivity contribution is -0.142. The van der Waals surface area contributed by atoms with E-state index in [0.717, 1.165) is 32.4 Å². The summed E-state index contributed by atoms with van der Waals surface area (Å²) in [7, 11) is 0. The van der Waals surface area contributed by atoms with Crippen LogP contribution in [-0.4, -0.2) is 60.8 Å². The van der Waals surface area contributed by atoms with E-state index in [2.05, 4.69) is 10.2 Å². The molecule has 0 aliphatic carbocycles. The van der Waals surface area contributed by atoms with Crippen LogP contribution in [0.2, 0.25) is 0 Å². The van der Waals surface area contributed by atoms with Gasteiger partial charge in [0.25, 0.3) is 0 Å². The number of carbonyl (C=O) groups is 2. The van der Waals surface area contributed by atoms with Gasteiger partial charge in [-0.15, -0.1) is 0 Å². The number of hydrogen-bond donors (Lipinski definition) is 2. The first-order valence-electron chi connectivity index (χ1n) is 6.50. The van der Waals surface area contributed by atoms with Gasteiger partial charge in [0, 0.05) is 13.0 Å². The minimum absolute atomic E-state index is 0.00195. The first-order chi connectivity index (χ1) is 8.66. The minimum atomic E-state index is -0.831. The van der Waals surface area contributed by atoms with Crippen molar-refractivity contribution in [3.63, 3.8) is 0 Å². The van der Waals surface area contributed by atoms with Gasteiger partial charge in [-0.2, -0.15) is 0 Å². The summed E-state index contributed by atoms with van der Waals surface area (Å²) in [6, 6.07) is -0.0766. The molecule has 2 aliphatic heterocycles. The highest BCUT2D eigenvalue weighted by atomic mass is 16.5. The Bertz CT molecular complexity index is 321. The average Bonchev–Trinajstić information content (AvgIpc) is 2.75. The van der Waals surface area contributed by atoms with Gasteiger partial charge >= 0.3 is 11.9 Å². The van der Waals surface area contributed by atoms with E-state index >= 15 is 0 Å². The molecular formula is C12H20N2O4. The number of carbonyl (C=O) groups excluding carboxylic acids is 1. The highest BCUT2D eigenvalue weighted by Crippen LogP contribution is 2.22. The predicted molar refractivity (Wildman–Crippen MR) is 64.2 cm³/mol. The van der Waals surface area contributed by atoms with Crippen molar-refractivity contribution < 1.29 is 19.4 Å². The molecule has 0 amide bonds. The number of carboxylic acids is 1. The number of nitrogens with zero attached hydrogens (tertiary/aromatic N) is 1. The number of rotatable bonds is 5. The number of cyclic esters (lactones) is 1. The summed E-state index contributed by atoms with van der Waals surface area (Å²) in [6.07, 6.45) is 2.93. The number of nitrogens with one attached hydrogen (secondary N) is 1. The van der Waals surface area contributed by atoms with Crippen molar-refractivity contribution in [1.82, 2.24) is 10.2 Å². The van der Waals surface area contributed by atoms with Crippen molar-refractivity contribution in [2.24, 2.45) is 5.92 Å². The maximum atomic E-state index is 11.5. The number of piperidine rings is 1. The van der Waals surface area contributed by atoms with Crippen LogP contribution in [0.3, 0.4) is 0 Å². The molecule has 0 saturated carbocycles. The predicted octanol–water partition coefficient (Wildman–Crippen LogP) is -0.312. The fourth-order valence-corrected chi connectivity index (χ4v) is 2.75. The van der Waals surface area contributed by atoms with E-state index in [9.17, 15) is 9.59 Å². The SMILES string of the molecule is O=C(O)CNCC1CCCN(C2CCOC2=O)C1. The Morgan fingerprint density at radius 1 is 1.50 bits per heavy atom. The molecule has 2 N–H and O–H groups in total. The van der Waals surface area contributed by atoms with E-state index in [0.29, 0.717) is 19.1 Å². The molecule has 0 aromatic carbocycles. The molecular weight excluding hydrogens is 236 g/mol. The number of esters is 1. The molecule has 0 aromatic heterocycles. The zero-order valence-corrected chi connectivity index (χ0v) is 10.4. The van der Waals surface area contributed by atoms with Crippen molar-refractivity contribution >= 4 is 11.9 Å². The third kappa shape index (κ3) is 3.43. The molecule has 2 atom stereocenters. The van der Waals surface area contributed by atoms with Crippen LogP contribution in [0.1, 0.15) is 19.3 Å². The van der Waals surface area contributed by atoms with Crippen molar-refractivity contribution in [3.05, 3.63) is 0 Å². The zero-order valence-electron chi connectivity index (χ0n) is 10.4. The van der Waals surface area contributed by atoms with Crippen LogP contribution in [0.15, 0.2) is 0 Å². The molecule has 0 spiro atoms. The summed E-state index contributed by atoms with van der Waals surface area (Å²) >= 11 is 0. The van der Waals surface area contributed by atoms with Crippen molar-refractivity contribution in [1.29, 1.82) is 0 Å². The van der Waals surface area contributed by atoms with Crippen molar-refractivity contribution in [2.45, 2.75) is 25.3 Å². The highest BCUT2D eigenvalue weighted by molar-refractivity contribution is 5.77. The number of likely N-dealkylation sites (tertiary alicyclic amines) is 1. The molecule has 2 saturated heterocycles. The van der Waals surface area contributed by atoms with Gasteiger partial charge in [-0.3, -0.25) is 14.5 Å². The standard InChI is InChI=1S/C12H20N2O4/c15-11(16)7-13-6-9-2-1-4-14(8-9)10-3-5-18-12(10)17/h9-10,13H,1-8H2,(H,15,16). The molecule has 0 radical (unpaired) electrons. The highest BCUT2D eigenvalue weighted by Gasteiger charge is 2.34. The summed E-state index contributed by atoms with van der Waals surface area (Å²) in [5.41, 5.74) is 0. The topological polar surface area (TPSA) is 78.9 Å². The summed E-state index contributed by atoms with van der Waals surface area (Å²) in [4.78, 5) is 24.1. The van der Waals surface area contributed by atoms with E-state index in [1.807, 2.05) is 0 Å². The second-order valence-electron chi connectivity index (χ2n) is 5.00. The zero-order chi connectivity index (χ0) is 13.0. The number of hydrogen-bond acceptors (Lipinski definition) is 5. The molecule has 18 heavy (non-hydrogen) atoms. The summed E-state index contributed by atoms with van der Waals surface area (Å²) < 4.78 is 4.99. The minimum Gasteiger partial charge on any atom is -0.480 e. The van der Waals surface area contributed by atoms with Crippen LogP contribution in [0.5, 0.6) is 0 Å². The van der Waals surface area contributed by atoms with Crippen LogP contribution in [0.25, 0.3) is 0 Å². The molecule has 2 heterocycles. The van der Waals surface area contributed by atoms with E-state index in [1.165, 1.54) is 0 Å². The van der Waals surface area contributed by atoms with Crippen molar-refractivity contribution in [3.8, 4) is 0 Å². The second kappa shape index (κ2) is 6.15. The largest absolute Gasteiger partial charge is 0.480 e. The molecule has 0 bridgehead atoms. The van der Waals surface area contributed by atoms with Gasteiger partial charge in [-0.1, -0.05) is 0 Å². The van der Waals surface area contributed by atoms with Crippen LogP contribution in [0.4, 0.5) is 0 Å². The maximum Gasteiger partial charge on any atom is 0.323 e. The van der Waals surface area contributed by atoms with E-state index < -0.39 is 5.97 Å². The maximum absolute atomic E-state index is 11.5. The van der Waals surface area contributed by atoms with Gasteiger partial charge in [0.2, 0.25) is 0 Å². The Labute approximate surface area is 106 Å². The van der Waals surface area contributed by atoms with Gasteiger partial charge in [0.15, 0.2) is 0 Å². The Morgan fingerprint density at radius 2 is 2.33 bits per heavy atom. The summed E-state index contributed by atoms with van der Waals surface area (Å²) in [5, 5.41) is 11.5. The third-order valence-electron chi connectivity index (χ3n) is 3.61. The molecule has 2 fully saturated rings. The van der Waals surface area contributed by atoms with Gasteiger partial charge < -0.3 is 15.2 Å². The number of aliphatic carboxylic acids is 1. The monoisotopic (exact) mass is 256 g/mol. The number of carboxylic acid groups (broad SMARTS) is 1. The normalized spacial score (nSPS) is 29.2. The van der Waals surface area contributed by atoms with Crippen LogP contribution in [0, 0.1) is 5.92 Å². The lowest BCUT2D eigenvalue weighted by atomic mass is 9.96. The molecule has 6 nitrogen and oxygen atoms in total. The molecule has 102 valence electrons. The summed E-state index contributed by atoms with van der Waals surface area (Å²) in [5.74, 6) is -0.511. The fraction of sp³-hybridized carbons (Fsp3) is 0.833. The Morgan fingerprint density at radius 3 is 3.00 bits per heavy atom. The quantitative estimate of drug-likeness (QED) is 0.657. The van der Waals surface area contributed by atoms with Gasteiger partial charge in [-0.25, -0.2) is 0 Å². The van der Waals surface area contributed by atoms with E-state index in [1.54, 1.807) is 0 Å². The van der Waals surface area contributed by atoms with Gasteiger partial charge in [-0.05, 0) is 31.8 Å². The molecule has 2 rings (SSSR count). The van der Waals surface area contributed by atoms with Crippen molar-refractivity contribution in [2.75, 3.05) is 32.8 Å². The summed E-state index contributed by atoms with van der Waals surface area (Å²) in [6.45, 7) is 3.02. The smallest absolute Gasteiger partial charge is 0.323 e. The molecule has 2 unspecified atom stereocenters. The third-order valence-corrected chi connectivity index (χ3v) is 3.61. The fourth-order valence-electron chi connectivity index (χ4n) is 2.75. The van der Waals surface area contributed by atoms with Gasteiger partial charge in [0.05, 0.1) is 13.2 Å². The average molecular weight is 256 g/mol. The molecule has 6 heteroatoms. The Kier molecular flexibility index (Phi) is 4.54. The molecule has 2 aliphatic rings. The van der Waals surface area contributed by atoms with E-state index in [-0.39, 0.29) is 18.6 Å². The number of ether oxygens (including phenoxy) is 1. The first kappa shape index (κ1) is 13.3. The lowest BCUT2D eigenvalue weighted by Crippen LogP contribution is -2.47. The van der Waals surface area contributed by atoms with Crippen LogP contribution >= 0.6 is 0 Å².